The lowest BCUT2D eigenvalue weighted by Gasteiger charge is -2.61. The minimum Gasteiger partial charge on any atom is -0.394 e. The van der Waals surface area contributed by atoms with Crippen LogP contribution in [0.3, 0.4) is 0 Å². The Morgan fingerprint density at radius 1 is 0.632 bits per heavy atom. The van der Waals surface area contributed by atoms with Crippen molar-refractivity contribution in [3.63, 3.8) is 0 Å². The summed E-state index contributed by atoms with van der Waals surface area (Å²) in [6.45, 7) is 6.14. The van der Waals surface area contributed by atoms with Crippen molar-refractivity contribution in [3.05, 3.63) is 11.6 Å². The van der Waals surface area contributed by atoms with Crippen LogP contribution in [0.4, 0.5) is 0 Å². The van der Waals surface area contributed by atoms with Gasteiger partial charge in [-0.2, -0.15) is 0 Å². The van der Waals surface area contributed by atoms with Gasteiger partial charge < -0.3 is 109 Å². The third kappa shape index (κ3) is 9.17. The summed E-state index contributed by atoms with van der Waals surface area (Å²) in [6.07, 6.45) is -21.6. The van der Waals surface area contributed by atoms with E-state index in [0.29, 0.717) is 32.1 Å². The van der Waals surface area contributed by atoms with E-state index in [9.17, 15) is 66.4 Å². The van der Waals surface area contributed by atoms with Crippen LogP contribution in [0.15, 0.2) is 11.6 Å². The van der Waals surface area contributed by atoms with Crippen molar-refractivity contribution in [1.82, 2.24) is 0 Å². The Morgan fingerprint density at radius 2 is 1.21 bits per heavy atom. The van der Waals surface area contributed by atoms with Crippen LogP contribution in [0.1, 0.15) is 79.1 Å². The topological polar surface area (TPSA) is 346 Å². The van der Waals surface area contributed by atoms with Gasteiger partial charge >= 0.3 is 0 Å². The molecule has 392 valence electrons. The molecule has 0 aromatic heterocycles. The van der Waals surface area contributed by atoms with Crippen molar-refractivity contribution in [2.24, 2.45) is 28.6 Å². The molecule has 28 atom stereocenters. The Hall–Kier alpha value is -1.14. The van der Waals surface area contributed by atoms with Gasteiger partial charge in [-0.15, -0.1) is 0 Å². The van der Waals surface area contributed by atoms with Gasteiger partial charge in [-0.3, -0.25) is 0 Å². The molecule has 0 bridgehead atoms. The Balaban J connectivity index is 0.877. The number of aliphatic hydroxyl groups is 13. The number of aliphatic hydroxyl groups excluding tert-OH is 12. The van der Waals surface area contributed by atoms with Crippen LogP contribution in [0.2, 0.25) is 0 Å². The fourth-order valence-corrected chi connectivity index (χ4v) is 13.5. The maximum Gasteiger partial charge on any atom is 0.187 e. The molecule has 8 rings (SSSR count). The molecule has 4 aliphatic carbocycles. The first-order valence-corrected chi connectivity index (χ1v) is 24.3. The number of hydrogen-bond donors (Lipinski definition) is 13. The molecule has 4 aliphatic heterocycles. The third-order valence-electron chi connectivity index (χ3n) is 17.7. The lowest BCUT2D eigenvalue weighted by molar-refractivity contribution is -0.366. The molecule has 3 saturated carbocycles. The molecule has 22 heteroatoms. The van der Waals surface area contributed by atoms with Gasteiger partial charge in [0.2, 0.25) is 0 Å². The van der Waals surface area contributed by atoms with Gasteiger partial charge in [0.15, 0.2) is 25.2 Å². The quantitative estimate of drug-likeness (QED) is 0.0793. The predicted molar refractivity (Wildman–Crippen MR) is 228 cm³/mol. The van der Waals surface area contributed by atoms with Gasteiger partial charge in [0.25, 0.3) is 0 Å². The van der Waals surface area contributed by atoms with Gasteiger partial charge in [0.05, 0.1) is 43.7 Å². The number of allylic oxidation sites excluding steroid dienone is 1. The lowest BCUT2D eigenvalue weighted by Crippen LogP contribution is -2.65. The number of ether oxygens (including phenoxy) is 9. The van der Waals surface area contributed by atoms with Gasteiger partial charge in [0.1, 0.15) is 91.6 Å². The van der Waals surface area contributed by atoms with Crippen molar-refractivity contribution in [2.75, 3.05) is 26.9 Å². The van der Waals surface area contributed by atoms with E-state index in [1.54, 1.807) is 6.92 Å². The zero-order chi connectivity index (χ0) is 49.4. The minimum atomic E-state index is -1.80. The molecule has 8 aliphatic rings. The largest absolute Gasteiger partial charge is 0.394 e. The molecule has 22 nitrogen and oxygen atoms in total. The number of hydrogen-bond acceptors (Lipinski definition) is 22. The Bertz CT molecular complexity index is 1730. The van der Waals surface area contributed by atoms with E-state index < -0.39 is 160 Å². The molecule has 68 heavy (non-hydrogen) atoms. The van der Waals surface area contributed by atoms with Crippen LogP contribution in [-0.4, -0.2) is 234 Å². The number of methoxy groups -OCH3 is 1. The summed E-state index contributed by atoms with van der Waals surface area (Å²) in [6, 6.07) is 0. The zero-order valence-corrected chi connectivity index (χ0v) is 39.3. The maximum atomic E-state index is 12.8. The van der Waals surface area contributed by atoms with Crippen molar-refractivity contribution in [3.8, 4) is 0 Å². The van der Waals surface area contributed by atoms with Crippen molar-refractivity contribution >= 4 is 0 Å². The van der Waals surface area contributed by atoms with E-state index in [4.69, 9.17) is 42.6 Å². The molecule has 0 radical (unpaired) electrons. The molecule has 4 heterocycles. The predicted octanol–water partition coefficient (Wildman–Crippen LogP) is -3.60. The second-order valence-electron chi connectivity index (χ2n) is 21.2. The number of rotatable bonds is 13. The van der Waals surface area contributed by atoms with Crippen LogP contribution in [0.25, 0.3) is 0 Å². The summed E-state index contributed by atoms with van der Waals surface area (Å²) in [5.41, 5.74) is -0.520. The molecule has 4 saturated heterocycles. The minimum absolute atomic E-state index is 0.0260. The summed E-state index contributed by atoms with van der Waals surface area (Å²) in [5, 5.41) is 138. The fourth-order valence-electron chi connectivity index (χ4n) is 13.5. The highest BCUT2D eigenvalue weighted by atomic mass is 16.8. The monoisotopic (exact) mass is 980 g/mol. The first kappa shape index (κ1) is 53.2. The van der Waals surface area contributed by atoms with E-state index in [0.717, 1.165) is 19.3 Å². The molecule has 13 N–H and O–H groups in total. The first-order valence-electron chi connectivity index (χ1n) is 24.3. The summed E-state index contributed by atoms with van der Waals surface area (Å²) >= 11 is 0. The molecule has 0 aromatic carbocycles. The van der Waals surface area contributed by atoms with Crippen LogP contribution in [0, 0.1) is 28.6 Å². The Kier molecular flexibility index (Phi) is 16.1. The van der Waals surface area contributed by atoms with E-state index in [-0.39, 0.29) is 29.3 Å². The lowest BCUT2D eigenvalue weighted by atomic mass is 9.45. The Morgan fingerprint density at radius 3 is 1.84 bits per heavy atom. The highest BCUT2D eigenvalue weighted by molar-refractivity contribution is 5.28. The summed E-state index contributed by atoms with van der Waals surface area (Å²) in [4.78, 5) is 0. The zero-order valence-electron chi connectivity index (χ0n) is 39.3. The standard InChI is InChI=1S/C46H76O22/c1-18(62-41-35(56)32(53)29(50)26(16-48)66-41)22-10-13-46(59)24-7-6-20-14-21(8-11-44(20,3)23(24)9-12-45(22,46)4)64-43-37(58)39(60-5)38(19(2)63-43)68-42-36(57)33(54)30(51)27(67-42)17-61-40-34(55)31(52)28(49)25(15-47)65-40/h6,18-19,21-43,47-59H,7-17H2,1-5H3/t18-,19+,21-,22+,23-,24+,25+,26-,27+,28+,29-,30+,31-,32+,33-,34+,35-,36+,37+,38-,39+,40+,41-,42-,43-,44-,45+,46-/m0/s1. The summed E-state index contributed by atoms with van der Waals surface area (Å²) in [7, 11) is 1.37. The molecule has 0 amide bonds. The van der Waals surface area contributed by atoms with Gasteiger partial charge in [-0.05, 0) is 88.4 Å². The highest BCUT2D eigenvalue weighted by Crippen LogP contribution is 2.68. The van der Waals surface area contributed by atoms with Gasteiger partial charge in [0, 0.05) is 12.5 Å². The highest BCUT2D eigenvalue weighted by Gasteiger charge is 2.67. The summed E-state index contributed by atoms with van der Waals surface area (Å²) in [5.74, 6) is 0.0601. The average molecular weight is 981 g/mol. The van der Waals surface area contributed by atoms with Crippen LogP contribution < -0.4 is 0 Å². The van der Waals surface area contributed by atoms with Crippen molar-refractivity contribution in [1.29, 1.82) is 0 Å². The molecule has 0 spiro atoms. The molecule has 0 aromatic rings. The average Bonchev–Trinajstić information content (AvgIpc) is 3.60. The molecule has 7 fully saturated rings. The van der Waals surface area contributed by atoms with Gasteiger partial charge in [-0.25, -0.2) is 0 Å². The maximum absolute atomic E-state index is 12.8. The van der Waals surface area contributed by atoms with E-state index in [2.05, 4.69) is 19.9 Å². The molecular formula is C46H76O22. The van der Waals surface area contributed by atoms with E-state index in [1.165, 1.54) is 12.7 Å². The number of fused-ring (bicyclic) bond motifs is 5. The second-order valence-corrected chi connectivity index (χ2v) is 21.2. The fraction of sp³-hybridized carbons (Fsp3) is 0.957. The van der Waals surface area contributed by atoms with E-state index in [1.807, 2.05) is 6.92 Å². The first-order chi connectivity index (χ1) is 32.1. The van der Waals surface area contributed by atoms with Crippen molar-refractivity contribution in [2.45, 2.75) is 220 Å². The van der Waals surface area contributed by atoms with Gasteiger partial charge in [-0.1, -0.05) is 25.5 Å². The summed E-state index contributed by atoms with van der Waals surface area (Å²) < 4.78 is 53.2. The second kappa shape index (κ2) is 20.6. The van der Waals surface area contributed by atoms with Crippen molar-refractivity contribution < 1.29 is 109 Å². The smallest absolute Gasteiger partial charge is 0.187 e. The molecular weight excluding hydrogens is 904 g/mol. The van der Waals surface area contributed by atoms with Crippen LogP contribution in [-0.2, 0) is 42.6 Å². The molecule has 0 unspecified atom stereocenters. The van der Waals surface area contributed by atoms with Crippen LogP contribution >= 0.6 is 0 Å². The third-order valence-corrected chi connectivity index (χ3v) is 17.7. The van der Waals surface area contributed by atoms with E-state index >= 15 is 0 Å². The SMILES string of the molecule is CO[C@@H]1[C@@H](O)[C@H](O[C@H]2CC[C@@]3(C)C(=CC[C@@H]4[C@@H]3CC[C@]3(C)[C@@H]([C@H](C)O[C@H]5O[C@@H](CO)[C@H](O)[C@@H](O)[C@@H]5O)CC[C@]43O)C2)O[C@H](C)[C@@H]1O[C@@H]1O[C@H](CO[C@@H]2O[C@H](CO)[C@@H](O)[C@H](O)[C@H]2O)[C@@H](O)[C@H](O)[C@H]1O. The van der Waals surface area contributed by atoms with Crippen LogP contribution in [0.5, 0.6) is 0 Å². The Labute approximate surface area is 395 Å². The normalized spacial score (nSPS) is 54.6.